The van der Waals surface area contributed by atoms with E-state index in [1.807, 2.05) is 6.07 Å². The van der Waals surface area contributed by atoms with E-state index < -0.39 is 0 Å². The first-order valence-corrected chi connectivity index (χ1v) is 7.47. The zero-order valence-electron chi connectivity index (χ0n) is 12.9. The fourth-order valence-corrected chi connectivity index (χ4v) is 2.14. The Bertz CT molecular complexity index is 609. The Labute approximate surface area is 126 Å². The lowest BCUT2D eigenvalue weighted by atomic mass is 9.87. The molecular weight excluding hydrogens is 260 g/mol. The predicted molar refractivity (Wildman–Crippen MR) is 87.1 cm³/mol. The van der Waals surface area contributed by atoms with Crippen LogP contribution >= 0.6 is 0 Å². The maximum absolute atomic E-state index is 4.27. The quantitative estimate of drug-likeness (QED) is 0.886. The van der Waals surface area contributed by atoms with Gasteiger partial charge in [0.25, 0.3) is 0 Å². The van der Waals surface area contributed by atoms with Crippen LogP contribution in [-0.4, -0.2) is 16.0 Å². The van der Waals surface area contributed by atoms with E-state index in [2.05, 4.69) is 65.6 Å². The summed E-state index contributed by atoms with van der Waals surface area (Å²) >= 11 is 0. The molecule has 4 heteroatoms. The molecule has 0 atom stereocenters. The molecule has 0 bridgehead atoms. The van der Waals surface area contributed by atoms with Crippen LogP contribution in [0.25, 0.3) is 0 Å². The second kappa shape index (κ2) is 5.35. The van der Waals surface area contributed by atoms with Gasteiger partial charge >= 0.3 is 0 Å². The van der Waals surface area contributed by atoms with Gasteiger partial charge in [-0.3, -0.25) is 0 Å². The Kier molecular flexibility index (Phi) is 3.53. The number of nitrogens with one attached hydrogen (secondary N) is 2. The van der Waals surface area contributed by atoms with E-state index in [9.17, 15) is 0 Å². The Hall–Kier alpha value is -2.10. The zero-order chi connectivity index (χ0) is 14.9. The number of rotatable bonds is 4. The van der Waals surface area contributed by atoms with Crippen molar-refractivity contribution < 1.29 is 0 Å². The maximum Gasteiger partial charge on any atom is 0.135 e. The van der Waals surface area contributed by atoms with Gasteiger partial charge in [0.05, 0.1) is 0 Å². The average molecular weight is 282 g/mol. The highest BCUT2D eigenvalue weighted by molar-refractivity contribution is 5.59. The zero-order valence-corrected chi connectivity index (χ0v) is 12.9. The molecule has 1 fully saturated rings. The topological polar surface area (TPSA) is 49.8 Å². The lowest BCUT2D eigenvalue weighted by Crippen LogP contribution is -2.10. The number of benzene rings is 1. The molecule has 1 saturated carbocycles. The summed E-state index contributed by atoms with van der Waals surface area (Å²) in [7, 11) is 0. The number of hydrogen-bond acceptors (Lipinski definition) is 4. The molecule has 3 rings (SSSR count). The fourth-order valence-electron chi connectivity index (χ4n) is 2.14. The molecule has 21 heavy (non-hydrogen) atoms. The molecular formula is C17H22N4. The molecule has 1 heterocycles. The number of aromatic nitrogens is 2. The molecule has 0 amide bonds. The first-order valence-electron chi connectivity index (χ1n) is 7.47. The number of anilines is 3. The summed E-state index contributed by atoms with van der Waals surface area (Å²) in [6, 6.07) is 11.1. The highest BCUT2D eigenvalue weighted by Gasteiger charge is 2.21. The van der Waals surface area contributed by atoms with E-state index >= 15 is 0 Å². The van der Waals surface area contributed by atoms with Crippen LogP contribution in [0, 0.1) is 0 Å². The van der Waals surface area contributed by atoms with Crippen molar-refractivity contribution in [2.24, 2.45) is 0 Å². The highest BCUT2D eigenvalue weighted by atomic mass is 15.1. The lowest BCUT2D eigenvalue weighted by Gasteiger charge is -2.19. The lowest BCUT2D eigenvalue weighted by molar-refractivity contribution is 0.590. The van der Waals surface area contributed by atoms with E-state index in [-0.39, 0.29) is 5.41 Å². The molecule has 0 unspecified atom stereocenters. The van der Waals surface area contributed by atoms with Crippen molar-refractivity contribution in [2.45, 2.75) is 45.1 Å². The van der Waals surface area contributed by atoms with E-state index in [0.717, 1.165) is 17.3 Å². The van der Waals surface area contributed by atoms with Crippen molar-refractivity contribution in [3.05, 3.63) is 42.2 Å². The Morgan fingerprint density at radius 2 is 1.67 bits per heavy atom. The van der Waals surface area contributed by atoms with Crippen LogP contribution in [0.3, 0.4) is 0 Å². The molecule has 1 aliphatic carbocycles. The standard InChI is InChI=1S/C17H22N4/c1-17(2,3)12-4-6-13(7-5-12)20-15-10-16(19-11-18-15)21-14-8-9-14/h4-7,10-11,14H,8-9H2,1-3H3,(H2,18,19,20,21). The summed E-state index contributed by atoms with van der Waals surface area (Å²) in [6.45, 7) is 6.65. The molecule has 0 aliphatic heterocycles. The third-order valence-corrected chi connectivity index (χ3v) is 3.62. The average Bonchev–Trinajstić information content (AvgIpc) is 3.23. The van der Waals surface area contributed by atoms with Gasteiger partial charge in [0.15, 0.2) is 0 Å². The number of hydrogen-bond donors (Lipinski definition) is 2. The summed E-state index contributed by atoms with van der Waals surface area (Å²) < 4.78 is 0. The maximum atomic E-state index is 4.27. The van der Waals surface area contributed by atoms with Crippen LogP contribution in [-0.2, 0) is 5.41 Å². The second-order valence-electron chi connectivity index (χ2n) is 6.66. The molecule has 0 saturated heterocycles. The summed E-state index contributed by atoms with van der Waals surface area (Å²) in [5.74, 6) is 1.71. The monoisotopic (exact) mass is 282 g/mol. The largest absolute Gasteiger partial charge is 0.367 e. The summed E-state index contributed by atoms with van der Waals surface area (Å²) in [6.07, 6.45) is 4.07. The van der Waals surface area contributed by atoms with Crippen LogP contribution in [0.2, 0.25) is 0 Å². The Morgan fingerprint density at radius 3 is 2.29 bits per heavy atom. The first kappa shape index (κ1) is 13.9. The van der Waals surface area contributed by atoms with E-state index in [4.69, 9.17) is 0 Å². The van der Waals surface area contributed by atoms with Crippen molar-refractivity contribution in [1.29, 1.82) is 0 Å². The van der Waals surface area contributed by atoms with Gasteiger partial charge in [-0.15, -0.1) is 0 Å². The Balaban J connectivity index is 1.70. The van der Waals surface area contributed by atoms with Crippen LogP contribution in [0.5, 0.6) is 0 Å². The molecule has 4 nitrogen and oxygen atoms in total. The Morgan fingerprint density at radius 1 is 1.00 bits per heavy atom. The van der Waals surface area contributed by atoms with Crippen molar-refractivity contribution in [2.75, 3.05) is 10.6 Å². The predicted octanol–water partition coefficient (Wildman–Crippen LogP) is 4.09. The third kappa shape index (κ3) is 3.72. The smallest absolute Gasteiger partial charge is 0.135 e. The van der Waals surface area contributed by atoms with Crippen LogP contribution in [0.4, 0.5) is 17.3 Å². The van der Waals surface area contributed by atoms with Gasteiger partial charge < -0.3 is 10.6 Å². The second-order valence-corrected chi connectivity index (χ2v) is 6.66. The van der Waals surface area contributed by atoms with Crippen molar-refractivity contribution in [3.63, 3.8) is 0 Å². The van der Waals surface area contributed by atoms with E-state index in [0.29, 0.717) is 6.04 Å². The van der Waals surface area contributed by atoms with Gasteiger partial charge in [0.2, 0.25) is 0 Å². The molecule has 1 aliphatic rings. The molecule has 0 radical (unpaired) electrons. The minimum atomic E-state index is 0.175. The highest BCUT2D eigenvalue weighted by Crippen LogP contribution is 2.26. The van der Waals surface area contributed by atoms with Gasteiger partial charge in [-0.25, -0.2) is 9.97 Å². The molecule has 2 N–H and O–H groups in total. The van der Waals surface area contributed by atoms with Gasteiger partial charge in [-0.1, -0.05) is 32.9 Å². The minimum Gasteiger partial charge on any atom is -0.367 e. The fraction of sp³-hybridized carbons (Fsp3) is 0.412. The van der Waals surface area contributed by atoms with E-state index in [1.165, 1.54) is 18.4 Å². The van der Waals surface area contributed by atoms with Crippen molar-refractivity contribution >= 4 is 17.3 Å². The van der Waals surface area contributed by atoms with Gasteiger partial charge in [0, 0.05) is 17.8 Å². The third-order valence-electron chi connectivity index (χ3n) is 3.62. The van der Waals surface area contributed by atoms with Gasteiger partial charge in [-0.05, 0) is 36.0 Å². The molecule has 110 valence electrons. The first-order chi connectivity index (χ1) is 10.0. The minimum absolute atomic E-state index is 0.175. The summed E-state index contributed by atoms with van der Waals surface area (Å²) in [4.78, 5) is 8.52. The normalized spacial score (nSPS) is 14.8. The van der Waals surface area contributed by atoms with Crippen molar-refractivity contribution in [1.82, 2.24) is 9.97 Å². The van der Waals surface area contributed by atoms with Gasteiger partial charge in [0.1, 0.15) is 18.0 Å². The summed E-state index contributed by atoms with van der Waals surface area (Å²) in [5.41, 5.74) is 2.54. The van der Waals surface area contributed by atoms with Gasteiger partial charge in [-0.2, -0.15) is 0 Å². The molecule has 0 spiro atoms. The number of nitrogens with zero attached hydrogens (tertiary/aromatic N) is 2. The molecule has 1 aromatic carbocycles. The van der Waals surface area contributed by atoms with E-state index in [1.54, 1.807) is 6.33 Å². The van der Waals surface area contributed by atoms with Crippen LogP contribution < -0.4 is 10.6 Å². The summed E-state index contributed by atoms with van der Waals surface area (Å²) in [5, 5.41) is 6.71. The molecule has 2 aromatic rings. The van der Waals surface area contributed by atoms with Crippen LogP contribution in [0.15, 0.2) is 36.7 Å². The molecule has 1 aromatic heterocycles. The van der Waals surface area contributed by atoms with Crippen LogP contribution in [0.1, 0.15) is 39.2 Å². The van der Waals surface area contributed by atoms with Crippen molar-refractivity contribution in [3.8, 4) is 0 Å². The SMILES string of the molecule is CC(C)(C)c1ccc(Nc2cc(NC3CC3)ncn2)cc1.